The minimum absolute atomic E-state index is 0.00389. The predicted octanol–water partition coefficient (Wildman–Crippen LogP) is 3.66. The topological polar surface area (TPSA) is 92.1 Å². The lowest BCUT2D eigenvalue weighted by Crippen LogP contribution is -2.49. The van der Waals surface area contributed by atoms with Crippen LogP contribution in [0, 0.1) is 13.8 Å². The van der Waals surface area contributed by atoms with Gasteiger partial charge in [0, 0.05) is 45.5 Å². The Morgan fingerprint density at radius 1 is 1.03 bits per heavy atom. The number of amides is 1. The standard InChI is InChI=1S/C24H26N8OS/c1-16-6-7-25-21(13-16)28-22-15-23(27-17(2)26-22)31-8-10-32(11-9-31)24(33)19-14-18(29-30(19)3)20-5-4-12-34-20/h4-7,12-15H,8-11H2,1-3H3,(H,25,26,27,28). The maximum Gasteiger partial charge on any atom is 0.272 e. The number of aromatic nitrogens is 5. The molecule has 1 saturated heterocycles. The fourth-order valence-electron chi connectivity index (χ4n) is 4.03. The number of nitrogens with zero attached hydrogens (tertiary/aromatic N) is 7. The Morgan fingerprint density at radius 3 is 2.59 bits per heavy atom. The smallest absolute Gasteiger partial charge is 0.272 e. The largest absolute Gasteiger partial charge is 0.353 e. The summed E-state index contributed by atoms with van der Waals surface area (Å²) < 4.78 is 1.68. The Labute approximate surface area is 202 Å². The molecule has 0 saturated carbocycles. The maximum absolute atomic E-state index is 13.2. The SMILES string of the molecule is Cc1ccnc(Nc2cc(N3CCN(C(=O)c4cc(-c5cccs5)nn4C)CC3)nc(C)n2)c1. The maximum atomic E-state index is 13.2. The second-order valence-corrected chi connectivity index (χ2v) is 9.24. The molecule has 0 spiro atoms. The first-order valence-corrected chi connectivity index (χ1v) is 12.0. The summed E-state index contributed by atoms with van der Waals surface area (Å²) in [7, 11) is 1.82. The van der Waals surface area contributed by atoms with Crippen molar-refractivity contribution in [3.63, 3.8) is 0 Å². The van der Waals surface area contributed by atoms with E-state index in [2.05, 4.69) is 30.3 Å². The molecule has 1 aliphatic heterocycles. The Morgan fingerprint density at radius 2 is 1.85 bits per heavy atom. The molecule has 34 heavy (non-hydrogen) atoms. The summed E-state index contributed by atoms with van der Waals surface area (Å²) in [5.41, 5.74) is 2.56. The number of thiophene rings is 1. The van der Waals surface area contributed by atoms with Gasteiger partial charge in [0.25, 0.3) is 5.91 Å². The van der Waals surface area contributed by atoms with Gasteiger partial charge in [0.05, 0.1) is 4.88 Å². The highest BCUT2D eigenvalue weighted by Gasteiger charge is 2.26. The molecule has 1 N–H and O–H groups in total. The van der Waals surface area contributed by atoms with Crippen molar-refractivity contribution in [3.05, 3.63) is 65.1 Å². The van der Waals surface area contributed by atoms with Gasteiger partial charge >= 0.3 is 0 Å². The summed E-state index contributed by atoms with van der Waals surface area (Å²) in [4.78, 5) is 31.8. The van der Waals surface area contributed by atoms with Crippen LogP contribution < -0.4 is 10.2 Å². The molecular weight excluding hydrogens is 448 g/mol. The third-order valence-corrected chi connectivity index (χ3v) is 6.65. The summed E-state index contributed by atoms with van der Waals surface area (Å²) in [6.07, 6.45) is 1.77. The van der Waals surface area contributed by atoms with Crippen LogP contribution in [0.5, 0.6) is 0 Å². The monoisotopic (exact) mass is 474 g/mol. The fraction of sp³-hybridized carbons (Fsp3) is 0.292. The fourth-order valence-corrected chi connectivity index (χ4v) is 4.71. The van der Waals surface area contributed by atoms with E-state index in [1.807, 2.05) is 67.6 Å². The van der Waals surface area contributed by atoms with Crippen LogP contribution in [0.15, 0.2) is 48.0 Å². The molecule has 9 nitrogen and oxygen atoms in total. The molecule has 0 aliphatic carbocycles. The summed E-state index contributed by atoms with van der Waals surface area (Å²) >= 11 is 1.62. The number of hydrogen-bond acceptors (Lipinski definition) is 8. The number of hydrogen-bond donors (Lipinski definition) is 1. The van der Waals surface area contributed by atoms with Crippen molar-refractivity contribution in [2.45, 2.75) is 13.8 Å². The van der Waals surface area contributed by atoms with Crippen LogP contribution in [-0.2, 0) is 7.05 Å². The lowest BCUT2D eigenvalue weighted by atomic mass is 10.2. The molecule has 5 rings (SSSR count). The first-order valence-electron chi connectivity index (χ1n) is 11.1. The van der Waals surface area contributed by atoms with Crippen LogP contribution in [0.2, 0.25) is 0 Å². The molecule has 0 radical (unpaired) electrons. The molecule has 1 amide bonds. The Bertz CT molecular complexity index is 1310. The van der Waals surface area contributed by atoms with Crippen molar-refractivity contribution in [3.8, 4) is 10.6 Å². The molecule has 174 valence electrons. The van der Waals surface area contributed by atoms with E-state index in [-0.39, 0.29) is 5.91 Å². The van der Waals surface area contributed by atoms with Crippen LogP contribution in [0.25, 0.3) is 10.6 Å². The van der Waals surface area contributed by atoms with Crippen LogP contribution in [0.3, 0.4) is 0 Å². The van der Waals surface area contributed by atoms with Gasteiger partial charge < -0.3 is 15.1 Å². The van der Waals surface area contributed by atoms with Crippen LogP contribution in [-0.4, -0.2) is 61.7 Å². The summed E-state index contributed by atoms with van der Waals surface area (Å²) in [5.74, 6) is 2.98. The molecule has 1 fully saturated rings. The number of piperazine rings is 1. The quantitative estimate of drug-likeness (QED) is 0.472. The van der Waals surface area contributed by atoms with Crippen molar-refractivity contribution >= 4 is 34.7 Å². The summed E-state index contributed by atoms with van der Waals surface area (Å²) in [6.45, 7) is 6.53. The number of pyridine rings is 1. The molecular formula is C24H26N8OS. The highest BCUT2D eigenvalue weighted by Crippen LogP contribution is 2.25. The second-order valence-electron chi connectivity index (χ2n) is 8.30. The van der Waals surface area contributed by atoms with Gasteiger partial charge in [-0.05, 0) is 49.1 Å². The van der Waals surface area contributed by atoms with Gasteiger partial charge in [-0.3, -0.25) is 9.48 Å². The molecule has 1 aliphatic rings. The van der Waals surface area contributed by atoms with E-state index in [1.165, 1.54) is 0 Å². The van der Waals surface area contributed by atoms with Gasteiger partial charge in [-0.25, -0.2) is 15.0 Å². The van der Waals surface area contributed by atoms with Crippen molar-refractivity contribution < 1.29 is 4.79 Å². The van der Waals surface area contributed by atoms with Gasteiger partial charge in [0.1, 0.15) is 34.7 Å². The highest BCUT2D eigenvalue weighted by molar-refractivity contribution is 7.13. The average Bonchev–Trinajstić information content (AvgIpc) is 3.48. The first kappa shape index (κ1) is 22.0. The minimum Gasteiger partial charge on any atom is -0.353 e. The third kappa shape index (κ3) is 4.62. The predicted molar refractivity (Wildman–Crippen MR) is 134 cm³/mol. The minimum atomic E-state index is 0.00389. The Balaban J connectivity index is 1.26. The molecule has 0 unspecified atom stereocenters. The van der Waals surface area contributed by atoms with Crippen molar-refractivity contribution in [1.82, 2.24) is 29.6 Å². The lowest BCUT2D eigenvalue weighted by molar-refractivity contribution is 0.0735. The van der Waals surface area contributed by atoms with Crippen LogP contribution >= 0.6 is 11.3 Å². The van der Waals surface area contributed by atoms with E-state index in [1.54, 1.807) is 22.2 Å². The van der Waals surface area contributed by atoms with Gasteiger partial charge in [0.15, 0.2) is 0 Å². The van der Waals surface area contributed by atoms with Gasteiger partial charge in [-0.1, -0.05) is 6.07 Å². The highest BCUT2D eigenvalue weighted by atomic mass is 32.1. The van der Waals surface area contributed by atoms with E-state index in [0.717, 1.165) is 27.8 Å². The van der Waals surface area contributed by atoms with Crippen molar-refractivity contribution in [2.75, 3.05) is 36.4 Å². The van der Waals surface area contributed by atoms with E-state index in [4.69, 9.17) is 0 Å². The van der Waals surface area contributed by atoms with E-state index < -0.39 is 0 Å². The number of rotatable bonds is 5. The van der Waals surface area contributed by atoms with E-state index in [0.29, 0.717) is 43.5 Å². The normalized spacial score (nSPS) is 13.9. The molecule has 4 aromatic rings. The Hall–Kier alpha value is -3.79. The summed E-state index contributed by atoms with van der Waals surface area (Å²) in [6, 6.07) is 11.7. The molecule has 0 aromatic carbocycles. The number of aryl methyl sites for hydroxylation is 3. The van der Waals surface area contributed by atoms with Gasteiger partial charge in [0.2, 0.25) is 0 Å². The van der Waals surface area contributed by atoms with Crippen molar-refractivity contribution in [2.24, 2.45) is 7.05 Å². The molecule has 0 bridgehead atoms. The third-order valence-electron chi connectivity index (χ3n) is 5.76. The second kappa shape index (κ2) is 9.22. The number of anilines is 3. The van der Waals surface area contributed by atoms with Gasteiger partial charge in [-0.2, -0.15) is 5.10 Å². The zero-order chi connectivity index (χ0) is 23.7. The molecule has 0 atom stereocenters. The van der Waals surface area contributed by atoms with E-state index >= 15 is 0 Å². The van der Waals surface area contributed by atoms with Crippen LogP contribution in [0.4, 0.5) is 17.5 Å². The molecule has 4 aromatic heterocycles. The van der Waals surface area contributed by atoms with Crippen molar-refractivity contribution in [1.29, 1.82) is 0 Å². The first-order chi connectivity index (χ1) is 16.5. The lowest BCUT2D eigenvalue weighted by Gasteiger charge is -2.35. The average molecular weight is 475 g/mol. The van der Waals surface area contributed by atoms with Gasteiger partial charge in [-0.15, -0.1) is 11.3 Å². The zero-order valence-electron chi connectivity index (χ0n) is 19.4. The van der Waals surface area contributed by atoms with E-state index in [9.17, 15) is 4.79 Å². The summed E-state index contributed by atoms with van der Waals surface area (Å²) in [5, 5.41) is 9.81. The molecule has 5 heterocycles. The number of carbonyl (C=O) groups excluding carboxylic acids is 1. The zero-order valence-corrected chi connectivity index (χ0v) is 20.2. The molecule has 10 heteroatoms. The number of carbonyl (C=O) groups is 1. The number of nitrogens with one attached hydrogen (secondary N) is 1. The Kier molecular flexibility index (Phi) is 5.97. The van der Waals surface area contributed by atoms with Crippen LogP contribution in [0.1, 0.15) is 21.9 Å².